The van der Waals surface area contributed by atoms with Gasteiger partial charge >= 0.3 is 0 Å². The molecule has 0 amide bonds. The maximum absolute atomic E-state index is 12.8. The van der Waals surface area contributed by atoms with Gasteiger partial charge in [0.05, 0.1) is 17.8 Å². The van der Waals surface area contributed by atoms with E-state index in [0.717, 1.165) is 16.7 Å². The molecule has 0 fully saturated rings. The topological polar surface area (TPSA) is 210 Å². The summed E-state index contributed by atoms with van der Waals surface area (Å²) in [5.74, 6) is -1.45. The summed E-state index contributed by atoms with van der Waals surface area (Å²) in [6.45, 7) is 0. The highest BCUT2D eigenvalue weighted by atomic mass is 16.5. The van der Waals surface area contributed by atoms with E-state index in [4.69, 9.17) is 14.2 Å². The number of rotatable bonds is 8. The highest BCUT2D eigenvalue weighted by molar-refractivity contribution is 5.73. The van der Waals surface area contributed by atoms with Crippen LogP contribution in [-0.4, -0.2) is 46.0 Å². The van der Waals surface area contributed by atoms with Crippen LogP contribution in [0.2, 0.25) is 0 Å². The first-order chi connectivity index (χ1) is 32.8. The fourth-order valence-electron chi connectivity index (χ4n) is 10.1. The average Bonchev–Trinajstić information content (AvgIpc) is 4.01. The van der Waals surface area contributed by atoms with Crippen molar-refractivity contribution in [2.75, 3.05) is 0 Å². The molecular weight excluding hydrogens is 865 g/mol. The molecule has 338 valence electrons. The molecule has 0 bridgehead atoms. The van der Waals surface area contributed by atoms with Crippen LogP contribution in [0.3, 0.4) is 0 Å². The molecule has 8 aromatic carbocycles. The van der Waals surface area contributed by atoms with Gasteiger partial charge in [-0.25, -0.2) is 0 Å². The first-order valence-corrected chi connectivity index (χ1v) is 21.8. The Labute approximate surface area is 389 Å². The molecular formula is C56H42O12. The second kappa shape index (κ2) is 16.2. The second-order valence-corrected chi connectivity index (χ2v) is 17.4. The molecule has 68 heavy (non-hydrogen) atoms. The first kappa shape index (κ1) is 41.8. The number of hydrogen-bond donors (Lipinski definition) is 9. The molecule has 0 spiro atoms. The summed E-state index contributed by atoms with van der Waals surface area (Å²) in [4.78, 5) is 0. The predicted molar refractivity (Wildman–Crippen MR) is 251 cm³/mol. The van der Waals surface area contributed by atoms with E-state index in [1.807, 2.05) is 24.3 Å². The minimum Gasteiger partial charge on any atom is -0.508 e. The minimum absolute atomic E-state index is 0.0606. The molecule has 3 aliphatic heterocycles. The maximum Gasteiger partial charge on any atom is 0.138 e. The summed E-state index contributed by atoms with van der Waals surface area (Å²) in [5, 5.41) is 97.3. The predicted octanol–water partition coefficient (Wildman–Crippen LogP) is 11.0. The largest absolute Gasteiger partial charge is 0.508 e. The zero-order valence-corrected chi connectivity index (χ0v) is 35.8. The zero-order valence-electron chi connectivity index (χ0n) is 35.8. The number of phenolic OH excluding ortho intramolecular Hbond substituents is 9. The van der Waals surface area contributed by atoms with E-state index in [1.54, 1.807) is 115 Å². The Morgan fingerprint density at radius 1 is 0.309 bits per heavy atom. The quantitative estimate of drug-likeness (QED) is 0.0652. The lowest BCUT2D eigenvalue weighted by molar-refractivity contribution is 0.216. The third kappa shape index (κ3) is 7.37. The van der Waals surface area contributed by atoms with E-state index in [0.29, 0.717) is 61.8 Å². The summed E-state index contributed by atoms with van der Waals surface area (Å²) >= 11 is 0. The van der Waals surface area contributed by atoms with Crippen LogP contribution >= 0.6 is 0 Å². The number of phenols is 9. The van der Waals surface area contributed by atoms with Gasteiger partial charge in [-0.15, -0.1) is 0 Å². The molecule has 0 saturated carbocycles. The average molecular weight is 907 g/mol. The lowest BCUT2D eigenvalue weighted by Gasteiger charge is -2.24. The van der Waals surface area contributed by atoms with E-state index >= 15 is 0 Å². The Bertz CT molecular complexity index is 3250. The SMILES string of the molecule is Oc1ccc(C=Cc2cc(O)c3c(c2)O[C@@H](c2ccc4c(c2O)[C@H](c2ccc5c(c2)O[C@H](c2ccc(O)cc2)[C@H]5c2cc(O)cc(O)c2)[C@@H](c2ccc(O)cc2)O4)[C@H]3c2cc(O)cc(O)c2)cc1. The Balaban J connectivity index is 1.04. The Hall–Kier alpha value is -8.90. The van der Waals surface area contributed by atoms with E-state index in [2.05, 4.69) is 0 Å². The standard InChI is InChI=1S/C56H42O12/c57-35-10-3-28(4-11-35)1-2-29-19-44(64)51-47(20-29)68-56(50(51)34-23-40(62)27-41(63)24-34)43-17-18-45-52(53(43)65)49(55(66-45)31-7-14-37(59)15-8-31)32-9-16-42-46(25-32)67-54(30-5-12-36(58)13-6-30)48(42)33-21-38(60)26-39(61)22-33/h1-27,48-50,54-65H/t48-,49-,50-,54+,55+,56-/m0/s1. The Kier molecular flexibility index (Phi) is 9.96. The lowest BCUT2D eigenvalue weighted by Crippen LogP contribution is -2.13. The van der Waals surface area contributed by atoms with Crippen LogP contribution in [0.25, 0.3) is 12.2 Å². The van der Waals surface area contributed by atoms with Gasteiger partial charge in [-0.2, -0.15) is 0 Å². The van der Waals surface area contributed by atoms with E-state index in [-0.39, 0.29) is 51.7 Å². The van der Waals surface area contributed by atoms with Gasteiger partial charge in [-0.1, -0.05) is 60.7 Å². The third-order valence-corrected chi connectivity index (χ3v) is 13.1. The number of hydrogen-bond acceptors (Lipinski definition) is 12. The molecule has 8 aromatic rings. The van der Waals surface area contributed by atoms with Gasteiger partial charge in [0.2, 0.25) is 0 Å². The molecule has 3 heterocycles. The Morgan fingerprint density at radius 3 is 1.38 bits per heavy atom. The van der Waals surface area contributed by atoms with Crippen molar-refractivity contribution < 1.29 is 60.2 Å². The van der Waals surface area contributed by atoms with Crippen molar-refractivity contribution >= 4 is 12.2 Å². The van der Waals surface area contributed by atoms with Gasteiger partial charge in [-0.3, -0.25) is 0 Å². The highest BCUT2D eigenvalue weighted by Crippen LogP contribution is 2.61. The maximum atomic E-state index is 12.8. The minimum atomic E-state index is -0.999. The van der Waals surface area contributed by atoms with Crippen LogP contribution in [0, 0.1) is 0 Å². The first-order valence-electron chi connectivity index (χ1n) is 21.8. The van der Waals surface area contributed by atoms with E-state index in [1.165, 1.54) is 24.3 Å². The van der Waals surface area contributed by atoms with E-state index in [9.17, 15) is 46.0 Å². The molecule has 0 radical (unpaired) electrons. The third-order valence-electron chi connectivity index (χ3n) is 13.1. The summed E-state index contributed by atoms with van der Waals surface area (Å²) in [5.41, 5.74) is 6.48. The smallest absolute Gasteiger partial charge is 0.138 e. The normalized spacial score (nSPS) is 20.0. The van der Waals surface area contributed by atoms with Crippen LogP contribution in [0.5, 0.6) is 69.0 Å². The summed E-state index contributed by atoms with van der Waals surface area (Å²) in [7, 11) is 0. The van der Waals surface area contributed by atoms with Crippen LogP contribution < -0.4 is 14.2 Å². The molecule has 6 atom stereocenters. The van der Waals surface area contributed by atoms with Crippen LogP contribution in [0.1, 0.15) is 97.3 Å². The van der Waals surface area contributed by atoms with Gasteiger partial charge in [0.25, 0.3) is 0 Å². The molecule has 12 heteroatoms. The molecule has 11 rings (SSSR count). The van der Waals surface area contributed by atoms with Crippen molar-refractivity contribution in [3.05, 3.63) is 213 Å². The van der Waals surface area contributed by atoms with Crippen LogP contribution in [0.15, 0.2) is 152 Å². The summed E-state index contributed by atoms with van der Waals surface area (Å²) < 4.78 is 20.2. The number of benzene rings is 8. The van der Waals surface area contributed by atoms with Crippen molar-refractivity contribution in [1.29, 1.82) is 0 Å². The van der Waals surface area contributed by atoms with Crippen molar-refractivity contribution in [3.8, 4) is 69.0 Å². The van der Waals surface area contributed by atoms with Gasteiger partial charge in [0.1, 0.15) is 87.3 Å². The second-order valence-electron chi connectivity index (χ2n) is 17.4. The van der Waals surface area contributed by atoms with Crippen molar-refractivity contribution in [3.63, 3.8) is 0 Å². The monoisotopic (exact) mass is 906 g/mol. The number of fused-ring (bicyclic) bond motifs is 3. The van der Waals surface area contributed by atoms with Crippen LogP contribution in [0.4, 0.5) is 0 Å². The van der Waals surface area contributed by atoms with E-state index < -0.39 is 36.1 Å². The molecule has 0 aliphatic carbocycles. The van der Waals surface area contributed by atoms with Crippen molar-refractivity contribution in [1.82, 2.24) is 0 Å². The van der Waals surface area contributed by atoms with Crippen molar-refractivity contribution in [2.24, 2.45) is 0 Å². The summed E-state index contributed by atoms with van der Waals surface area (Å²) in [6.07, 6.45) is 1.27. The summed E-state index contributed by atoms with van der Waals surface area (Å²) in [6, 6.07) is 41.0. The van der Waals surface area contributed by atoms with Crippen LogP contribution in [-0.2, 0) is 0 Å². The fraction of sp³-hybridized carbons (Fsp3) is 0.107. The highest BCUT2D eigenvalue weighted by Gasteiger charge is 2.46. The molecule has 9 N–H and O–H groups in total. The fourth-order valence-corrected chi connectivity index (χ4v) is 10.1. The molecule has 0 aromatic heterocycles. The molecule has 12 nitrogen and oxygen atoms in total. The van der Waals surface area contributed by atoms with Gasteiger partial charge in [0.15, 0.2) is 0 Å². The molecule has 3 aliphatic rings. The Morgan fingerprint density at radius 2 is 0.779 bits per heavy atom. The van der Waals surface area contributed by atoms with Gasteiger partial charge < -0.3 is 60.2 Å². The molecule has 0 saturated heterocycles. The number of ether oxygens (including phenoxy) is 3. The molecule has 0 unspecified atom stereocenters. The van der Waals surface area contributed by atoms with Crippen molar-refractivity contribution in [2.45, 2.75) is 36.1 Å². The van der Waals surface area contributed by atoms with Gasteiger partial charge in [-0.05, 0) is 130 Å². The van der Waals surface area contributed by atoms with Gasteiger partial charge in [0, 0.05) is 34.4 Å². The zero-order chi connectivity index (χ0) is 47.0. The number of aromatic hydroxyl groups is 9. The lowest BCUT2D eigenvalue weighted by atomic mass is 9.80.